The maximum atomic E-state index is 11.1. The van der Waals surface area contributed by atoms with Crippen LogP contribution >= 0.6 is 0 Å². The molecule has 0 saturated heterocycles. The number of unbranched alkanes of at least 4 members (excludes halogenated alkanes) is 2. The monoisotopic (exact) mass is 389 g/mol. The quantitative estimate of drug-likeness (QED) is 0.308. The molecule has 0 aromatic heterocycles. The maximum Gasteiger partial charge on any atom is 0.243 e. The molecule has 3 rings (SSSR count). The van der Waals surface area contributed by atoms with Gasteiger partial charge in [-0.15, -0.1) is 0 Å². The van der Waals surface area contributed by atoms with E-state index < -0.39 is 0 Å². The number of aliphatic hydroxyl groups excluding tert-OH is 1. The van der Waals surface area contributed by atoms with Gasteiger partial charge in [0, 0.05) is 6.42 Å². The van der Waals surface area contributed by atoms with Gasteiger partial charge in [-0.1, -0.05) is 43.1 Å². The minimum Gasteiger partial charge on any atom is -0.393 e. The van der Waals surface area contributed by atoms with Crippen molar-refractivity contribution in [2.24, 2.45) is 17.3 Å². The van der Waals surface area contributed by atoms with Gasteiger partial charge in [-0.3, -0.25) is 10.0 Å². The van der Waals surface area contributed by atoms with E-state index >= 15 is 0 Å². The summed E-state index contributed by atoms with van der Waals surface area (Å²) < 4.78 is 0. The van der Waals surface area contributed by atoms with Crippen LogP contribution in [0.25, 0.3) is 0 Å². The molecule has 3 saturated carbocycles. The minimum absolute atomic E-state index is 0.130. The van der Waals surface area contributed by atoms with Gasteiger partial charge in [0.05, 0.1) is 6.10 Å². The lowest BCUT2D eigenvalue weighted by atomic mass is 9.62. The summed E-state index contributed by atoms with van der Waals surface area (Å²) in [5.74, 6) is 1.27. The van der Waals surface area contributed by atoms with Gasteiger partial charge in [-0.25, -0.2) is 5.48 Å². The number of aliphatic hydroxyl groups is 1. The van der Waals surface area contributed by atoms with Crippen LogP contribution < -0.4 is 5.48 Å². The highest BCUT2D eigenvalue weighted by atomic mass is 16.5. The van der Waals surface area contributed by atoms with Gasteiger partial charge in [0.15, 0.2) is 0 Å². The number of carbonyl (C=O) groups excluding carboxylic acids is 1. The fourth-order valence-electron chi connectivity index (χ4n) is 6.18. The molecule has 0 radical (unpaired) electrons. The first-order valence-electron chi connectivity index (χ1n) is 11.5. The number of carbonyl (C=O) groups is 1. The smallest absolute Gasteiger partial charge is 0.243 e. The molecule has 1 amide bonds. The fourth-order valence-corrected chi connectivity index (χ4v) is 6.18. The summed E-state index contributed by atoms with van der Waals surface area (Å²) in [6.45, 7) is 2.53. The van der Waals surface area contributed by atoms with Gasteiger partial charge in [0.1, 0.15) is 0 Å². The van der Waals surface area contributed by atoms with E-state index in [2.05, 4.69) is 19.1 Å². The van der Waals surface area contributed by atoms with Crippen LogP contribution in [0.3, 0.4) is 0 Å². The number of rotatable bonds is 7. The molecule has 0 heterocycles. The molecule has 3 aliphatic rings. The highest BCUT2D eigenvalue weighted by Crippen LogP contribution is 2.58. The van der Waals surface area contributed by atoms with Crippen LogP contribution in [0.5, 0.6) is 0 Å². The normalized spacial score (nSPS) is 35.9. The Labute approximate surface area is 170 Å². The number of nitrogens with one attached hydrogen (secondary N) is 1. The molecule has 0 bridgehead atoms. The van der Waals surface area contributed by atoms with E-state index in [0.717, 1.165) is 50.4 Å². The van der Waals surface area contributed by atoms with Crippen molar-refractivity contribution < 1.29 is 15.1 Å². The molecule has 0 spiro atoms. The van der Waals surface area contributed by atoms with Gasteiger partial charge < -0.3 is 5.11 Å². The average molecular weight is 390 g/mol. The largest absolute Gasteiger partial charge is 0.393 e. The van der Waals surface area contributed by atoms with Gasteiger partial charge in [-0.05, 0) is 87.9 Å². The van der Waals surface area contributed by atoms with Crippen molar-refractivity contribution in [3.05, 3.63) is 23.3 Å². The molecule has 4 nitrogen and oxygen atoms in total. The standard InChI is InChI=1S/C24H39NO3/c1-24-16-6-8-19(13-12-18-7-5-10-21(26)17-18)22(24)15-14-20(24)9-3-2-4-11-23(27)25-28/h12-13,20-22,26,28H,2-11,14-17H2,1H3,(H,25,27)/b18-12-,19-13+. The Kier molecular flexibility index (Phi) is 7.76. The molecule has 3 fully saturated rings. The van der Waals surface area contributed by atoms with Crippen molar-refractivity contribution in [1.29, 1.82) is 0 Å². The lowest BCUT2D eigenvalue weighted by molar-refractivity contribution is -0.129. The zero-order valence-corrected chi connectivity index (χ0v) is 17.6. The van der Waals surface area contributed by atoms with Crippen LogP contribution in [0.4, 0.5) is 0 Å². The summed E-state index contributed by atoms with van der Waals surface area (Å²) in [5, 5.41) is 18.5. The van der Waals surface area contributed by atoms with Crippen molar-refractivity contribution in [2.75, 3.05) is 0 Å². The van der Waals surface area contributed by atoms with E-state index in [9.17, 15) is 9.90 Å². The number of hydrogen-bond acceptors (Lipinski definition) is 3. The van der Waals surface area contributed by atoms with Gasteiger partial charge >= 0.3 is 0 Å². The Balaban J connectivity index is 1.54. The van der Waals surface area contributed by atoms with Gasteiger partial charge in [0.25, 0.3) is 0 Å². The molecule has 0 aromatic carbocycles. The Hall–Kier alpha value is -1.13. The van der Waals surface area contributed by atoms with Crippen molar-refractivity contribution in [2.45, 2.75) is 103 Å². The third-order valence-corrected chi connectivity index (χ3v) is 7.81. The fraction of sp³-hybridized carbons (Fsp3) is 0.792. The first-order chi connectivity index (χ1) is 13.5. The predicted molar refractivity (Wildman–Crippen MR) is 112 cm³/mol. The Morgan fingerprint density at radius 2 is 2.00 bits per heavy atom. The first-order valence-corrected chi connectivity index (χ1v) is 11.5. The summed E-state index contributed by atoms with van der Waals surface area (Å²) in [6.07, 6.45) is 20.1. The molecule has 4 atom stereocenters. The highest BCUT2D eigenvalue weighted by molar-refractivity contribution is 5.74. The molecule has 0 aromatic rings. The Morgan fingerprint density at radius 3 is 2.79 bits per heavy atom. The first kappa shape index (κ1) is 21.6. The molecule has 158 valence electrons. The summed E-state index contributed by atoms with van der Waals surface area (Å²) in [7, 11) is 0. The molecule has 3 N–H and O–H groups in total. The second kappa shape index (κ2) is 10.1. The van der Waals surface area contributed by atoms with E-state index in [1.165, 1.54) is 50.5 Å². The summed E-state index contributed by atoms with van der Waals surface area (Å²) in [4.78, 5) is 11.1. The van der Waals surface area contributed by atoms with Gasteiger partial charge in [0.2, 0.25) is 5.91 Å². The number of hydrogen-bond donors (Lipinski definition) is 3. The number of amides is 1. The lowest BCUT2D eigenvalue weighted by Crippen LogP contribution is -2.33. The zero-order chi connectivity index (χ0) is 20.0. The van der Waals surface area contributed by atoms with E-state index in [1.54, 1.807) is 11.1 Å². The maximum absolute atomic E-state index is 11.1. The highest BCUT2D eigenvalue weighted by Gasteiger charge is 2.48. The van der Waals surface area contributed by atoms with Crippen LogP contribution in [-0.2, 0) is 4.79 Å². The third kappa shape index (κ3) is 5.27. The number of hydroxylamine groups is 1. The Bertz CT molecular complexity index is 597. The van der Waals surface area contributed by atoms with Gasteiger partial charge in [-0.2, -0.15) is 0 Å². The van der Waals surface area contributed by atoms with Crippen molar-refractivity contribution in [3.8, 4) is 0 Å². The SMILES string of the molecule is CC12CCC/C(=C\C=C3\CCCC(O)C3)C1CCC2CCCCCC(=O)NO. The molecule has 4 unspecified atom stereocenters. The molecular formula is C24H39NO3. The predicted octanol–water partition coefficient (Wildman–Crippen LogP) is 5.45. The topological polar surface area (TPSA) is 69.6 Å². The van der Waals surface area contributed by atoms with Crippen LogP contribution in [0.1, 0.15) is 96.8 Å². The van der Waals surface area contributed by atoms with Crippen LogP contribution in [0, 0.1) is 17.3 Å². The molecule has 4 heteroatoms. The molecule has 3 aliphatic carbocycles. The number of allylic oxidation sites excluding steroid dienone is 3. The molecule has 0 aliphatic heterocycles. The summed E-state index contributed by atoms with van der Waals surface area (Å²) >= 11 is 0. The minimum atomic E-state index is -0.269. The lowest BCUT2D eigenvalue weighted by Gasteiger charge is -2.42. The van der Waals surface area contributed by atoms with E-state index in [4.69, 9.17) is 5.21 Å². The second-order valence-corrected chi connectivity index (χ2v) is 9.64. The van der Waals surface area contributed by atoms with Crippen molar-refractivity contribution in [1.82, 2.24) is 5.48 Å². The van der Waals surface area contributed by atoms with Crippen LogP contribution in [-0.4, -0.2) is 22.3 Å². The third-order valence-electron chi connectivity index (χ3n) is 7.81. The number of fused-ring (bicyclic) bond motifs is 1. The van der Waals surface area contributed by atoms with E-state index in [0.29, 0.717) is 11.8 Å². The second-order valence-electron chi connectivity index (χ2n) is 9.64. The van der Waals surface area contributed by atoms with Crippen LogP contribution in [0.15, 0.2) is 23.3 Å². The van der Waals surface area contributed by atoms with E-state index in [-0.39, 0.29) is 12.0 Å². The van der Waals surface area contributed by atoms with Crippen molar-refractivity contribution >= 4 is 5.91 Å². The average Bonchev–Trinajstić information content (AvgIpc) is 3.02. The summed E-state index contributed by atoms with van der Waals surface area (Å²) in [5.41, 5.74) is 5.25. The zero-order valence-electron chi connectivity index (χ0n) is 17.6. The van der Waals surface area contributed by atoms with E-state index in [1.807, 2.05) is 0 Å². The summed E-state index contributed by atoms with van der Waals surface area (Å²) in [6, 6.07) is 0. The Morgan fingerprint density at radius 1 is 1.14 bits per heavy atom. The van der Waals surface area contributed by atoms with Crippen molar-refractivity contribution in [3.63, 3.8) is 0 Å². The molecular weight excluding hydrogens is 350 g/mol. The van der Waals surface area contributed by atoms with Crippen LogP contribution in [0.2, 0.25) is 0 Å². The molecule has 28 heavy (non-hydrogen) atoms.